The number of hydrogen-bond acceptors (Lipinski definition) is 11. The molecular formula is C45H53N13O8. The molecule has 1 unspecified atom stereocenters. The summed E-state index contributed by atoms with van der Waals surface area (Å²) in [5, 5.41) is 20.5. The van der Waals surface area contributed by atoms with Crippen LogP contribution in [-0.2, 0) is 43.2 Å². The largest absolute Gasteiger partial charge is 0.368 e. The Morgan fingerprint density at radius 2 is 1.53 bits per heavy atom. The molecular weight excluding hydrogens is 851 g/mol. The lowest BCUT2D eigenvalue weighted by atomic mass is 10.0. The van der Waals surface area contributed by atoms with Crippen LogP contribution in [0.4, 0.5) is 5.69 Å². The number of nitro groups is 1. The maximum absolute atomic E-state index is 14.8. The van der Waals surface area contributed by atoms with Gasteiger partial charge in [0.05, 0.1) is 23.0 Å². The Morgan fingerprint density at radius 3 is 2.20 bits per heavy atom. The summed E-state index contributed by atoms with van der Waals surface area (Å²) in [6.07, 6.45) is 6.03. The summed E-state index contributed by atoms with van der Waals surface area (Å²) < 4.78 is 2.07. The predicted molar refractivity (Wildman–Crippen MR) is 245 cm³/mol. The standard InChI is InChI=1S/C45H53N13O8/c1-26(52-43(62)37(21-30-23-50-35-13-7-6-12-33(30)35)54-42(61)34(47)22-31-24-49-25-51-31)41(60)55-57-39(29-15-17-32(18-16-29)58(65)66)27(2)56(45(57)64)38(20-28-10-4-3-5-11-28)44(63)53-36(40(48)59)14-8-9-19-46/h3-7,10-13,15-18,23-26,34,36-38,50H,8-9,14,19-22,46-47H2,1-2H3,(H2,48,59)(H,49,51)(H,52,62)(H,53,63)(H,54,61)(H,55,60)/t26-,34-,36-,37+,38?/m0/s1. The van der Waals surface area contributed by atoms with Crippen LogP contribution in [-0.4, -0.2) is 89.4 Å². The maximum atomic E-state index is 14.8. The van der Waals surface area contributed by atoms with Crippen molar-refractivity contribution >= 4 is 46.1 Å². The summed E-state index contributed by atoms with van der Waals surface area (Å²) in [5.74, 6) is -3.75. The molecule has 5 amide bonds. The number of aromatic nitrogens is 5. The molecule has 0 fully saturated rings. The number of H-pyrrole nitrogens is 2. The van der Waals surface area contributed by atoms with Crippen LogP contribution in [0.3, 0.4) is 0 Å². The number of carbonyl (C=O) groups excluding carboxylic acids is 5. The molecule has 0 saturated carbocycles. The van der Waals surface area contributed by atoms with Crippen molar-refractivity contribution in [2.75, 3.05) is 12.0 Å². The monoisotopic (exact) mass is 903 g/mol. The highest BCUT2D eigenvalue weighted by Crippen LogP contribution is 2.28. The van der Waals surface area contributed by atoms with Gasteiger partial charge >= 0.3 is 5.69 Å². The number of carbonyl (C=O) groups is 5. The first-order valence-corrected chi connectivity index (χ1v) is 21.3. The highest BCUT2D eigenvalue weighted by molar-refractivity contribution is 5.96. The Hall–Kier alpha value is -7.91. The van der Waals surface area contributed by atoms with E-state index >= 15 is 0 Å². The van der Waals surface area contributed by atoms with Gasteiger partial charge in [-0.15, -0.1) is 0 Å². The summed E-state index contributed by atoms with van der Waals surface area (Å²) in [5.41, 5.74) is 22.3. The van der Waals surface area contributed by atoms with Crippen molar-refractivity contribution in [2.45, 2.75) is 82.6 Å². The van der Waals surface area contributed by atoms with Crippen LogP contribution in [0.2, 0.25) is 0 Å². The van der Waals surface area contributed by atoms with Crippen molar-refractivity contribution in [3.05, 3.63) is 141 Å². The topological polar surface area (TPSA) is 326 Å². The Bertz CT molecular complexity index is 2730. The number of nitrogens with one attached hydrogen (secondary N) is 6. The molecule has 0 radical (unpaired) electrons. The first-order valence-electron chi connectivity index (χ1n) is 21.3. The third-order valence-electron chi connectivity index (χ3n) is 11.2. The van der Waals surface area contributed by atoms with Gasteiger partial charge in [0.15, 0.2) is 0 Å². The molecule has 0 bridgehead atoms. The number of nitrogens with zero attached hydrogens (tertiary/aromatic N) is 4. The van der Waals surface area contributed by atoms with Crippen LogP contribution in [0.25, 0.3) is 22.2 Å². The van der Waals surface area contributed by atoms with E-state index in [0.717, 1.165) is 15.6 Å². The van der Waals surface area contributed by atoms with Crippen molar-refractivity contribution in [1.82, 2.24) is 40.1 Å². The zero-order valence-corrected chi connectivity index (χ0v) is 36.4. The number of unbranched alkanes of at least 4 members (excludes halogenated alkanes) is 1. The van der Waals surface area contributed by atoms with Crippen molar-refractivity contribution in [3.8, 4) is 11.3 Å². The summed E-state index contributed by atoms with van der Waals surface area (Å²) in [6, 6.07) is 15.4. The number of nitrogens with two attached hydrogens (primary N) is 3. The third kappa shape index (κ3) is 11.4. The van der Waals surface area contributed by atoms with E-state index in [1.165, 1.54) is 48.3 Å². The van der Waals surface area contributed by atoms with Gasteiger partial charge in [0.2, 0.25) is 23.6 Å². The molecule has 346 valence electrons. The van der Waals surface area contributed by atoms with Crippen molar-refractivity contribution in [1.29, 1.82) is 0 Å². The van der Waals surface area contributed by atoms with E-state index in [1.54, 1.807) is 43.5 Å². The summed E-state index contributed by atoms with van der Waals surface area (Å²) in [7, 11) is 0. The first-order chi connectivity index (χ1) is 31.7. The molecule has 3 heterocycles. The van der Waals surface area contributed by atoms with Crippen LogP contribution in [0.5, 0.6) is 0 Å². The molecule has 6 rings (SSSR count). The van der Waals surface area contributed by atoms with Crippen LogP contribution < -0.4 is 44.3 Å². The van der Waals surface area contributed by atoms with Crippen molar-refractivity contribution in [2.24, 2.45) is 17.2 Å². The first kappa shape index (κ1) is 47.6. The van der Waals surface area contributed by atoms with E-state index in [2.05, 4.69) is 36.3 Å². The van der Waals surface area contributed by atoms with Gasteiger partial charge in [-0.1, -0.05) is 48.5 Å². The number of imidazole rings is 2. The van der Waals surface area contributed by atoms with Gasteiger partial charge < -0.3 is 43.1 Å². The SMILES string of the molecule is Cc1c(-c2ccc([N+](=O)[O-])cc2)n(NC(=O)[C@H](C)NC(=O)[C@@H](Cc2c[nH]c3ccccc23)NC(=O)[C@@H](N)Cc2cnc[nH]2)c(=O)n1C(Cc1ccccc1)C(=O)N[C@@H](CCCCN)C(N)=O. The highest BCUT2D eigenvalue weighted by atomic mass is 16.6. The van der Waals surface area contributed by atoms with Gasteiger partial charge in [0.25, 0.3) is 11.6 Å². The van der Waals surface area contributed by atoms with Gasteiger partial charge in [-0.2, -0.15) is 4.68 Å². The molecule has 0 saturated heterocycles. The number of primary amides is 1. The lowest BCUT2D eigenvalue weighted by Gasteiger charge is -2.23. The zero-order valence-electron chi connectivity index (χ0n) is 36.4. The number of benzene rings is 3. The molecule has 6 aromatic rings. The summed E-state index contributed by atoms with van der Waals surface area (Å²) in [6.45, 7) is 3.28. The normalized spacial score (nSPS) is 13.5. The average molecular weight is 904 g/mol. The molecule has 0 aliphatic rings. The van der Waals surface area contributed by atoms with E-state index in [1.807, 2.05) is 24.3 Å². The van der Waals surface area contributed by atoms with E-state index in [4.69, 9.17) is 17.2 Å². The van der Waals surface area contributed by atoms with E-state index in [0.29, 0.717) is 36.2 Å². The minimum atomic E-state index is -1.34. The molecule has 12 N–H and O–H groups in total. The highest BCUT2D eigenvalue weighted by Gasteiger charge is 2.33. The Labute approximate surface area is 378 Å². The fourth-order valence-electron chi connectivity index (χ4n) is 7.68. The second-order valence-electron chi connectivity index (χ2n) is 15.9. The second-order valence-corrected chi connectivity index (χ2v) is 15.9. The summed E-state index contributed by atoms with van der Waals surface area (Å²) >= 11 is 0. The molecule has 3 aromatic heterocycles. The molecule has 0 aliphatic carbocycles. The third-order valence-corrected chi connectivity index (χ3v) is 11.2. The Morgan fingerprint density at radius 1 is 0.833 bits per heavy atom. The number of rotatable bonds is 22. The number of fused-ring (bicyclic) bond motifs is 1. The quantitative estimate of drug-likeness (QED) is 0.0267. The van der Waals surface area contributed by atoms with Gasteiger partial charge in [-0.3, -0.25) is 44.1 Å². The predicted octanol–water partition coefficient (Wildman–Crippen LogP) is 1.49. The van der Waals surface area contributed by atoms with Gasteiger partial charge in [-0.05, 0) is 69.0 Å². The molecule has 21 heteroatoms. The number of aromatic amines is 2. The minimum absolute atomic E-state index is 0.00694. The average Bonchev–Trinajstić information content (AvgIpc) is 4.03. The summed E-state index contributed by atoms with van der Waals surface area (Å²) in [4.78, 5) is 104. The molecule has 0 aliphatic heterocycles. The van der Waals surface area contributed by atoms with Crippen LogP contribution in [0.15, 0.2) is 102 Å². The van der Waals surface area contributed by atoms with Crippen LogP contribution >= 0.6 is 0 Å². The van der Waals surface area contributed by atoms with Crippen molar-refractivity contribution in [3.63, 3.8) is 0 Å². The fraction of sp³-hybridized carbons (Fsp3) is 0.311. The lowest BCUT2D eigenvalue weighted by molar-refractivity contribution is -0.384. The fourth-order valence-corrected chi connectivity index (χ4v) is 7.68. The molecule has 66 heavy (non-hydrogen) atoms. The zero-order chi connectivity index (χ0) is 47.5. The van der Waals surface area contributed by atoms with Gasteiger partial charge in [0, 0.05) is 71.6 Å². The number of para-hydroxylation sites is 1. The number of amides is 5. The number of hydrogen-bond donors (Lipinski definition) is 9. The molecule has 3 aromatic carbocycles. The number of non-ortho nitro benzene ring substituents is 1. The van der Waals surface area contributed by atoms with Gasteiger partial charge in [0.1, 0.15) is 24.2 Å². The molecule has 5 atom stereocenters. The smallest absolute Gasteiger partial charge is 0.348 e. The molecule has 21 nitrogen and oxygen atoms in total. The van der Waals surface area contributed by atoms with E-state index in [9.17, 15) is 38.9 Å². The Balaban J connectivity index is 1.33. The Kier molecular flexibility index (Phi) is 15.6. The maximum Gasteiger partial charge on any atom is 0.348 e. The van der Waals surface area contributed by atoms with Crippen LogP contribution in [0.1, 0.15) is 54.7 Å². The minimum Gasteiger partial charge on any atom is -0.368 e. The molecule has 0 spiro atoms. The van der Waals surface area contributed by atoms with Crippen LogP contribution in [0, 0.1) is 17.0 Å². The van der Waals surface area contributed by atoms with Gasteiger partial charge in [-0.25, -0.2) is 9.78 Å². The number of nitro benzene ring substituents is 1. The van der Waals surface area contributed by atoms with E-state index in [-0.39, 0.29) is 48.3 Å². The van der Waals surface area contributed by atoms with E-state index < -0.39 is 70.4 Å². The van der Waals surface area contributed by atoms with Crippen molar-refractivity contribution < 1.29 is 28.9 Å². The second kappa shape index (κ2) is 21.6. The lowest BCUT2D eigenvalue weighted by Crippen LogP contribution is -2.56.